The first kappa shape index (κ1) is 17.0. The van der Waals surface area contributed by atoms with Gasteiger partial charge in [0.15, 0.2) is 5.96 Å². The molecule has 0 rings (SSSR count). The van der Waals surface area contributed by atoms with E-state index in [1.54, 1.807) is 0 Å². The van der Waals surface area contributed by atoms with Crippen molar-refractivity contribution < 1.29 is 9.90 Å². The standard InChI is InChI=1S/C6H14N4O2.C2H8N2/c7-4(5(11)12)2-1-3-10-6(8)9;3-1-2-4/h4H,1-3,7H2,(H,11,12)(H4,8,9,10);1-4H2/t4-;/m0./s1. The summed E-state index contributed by atoms with van der Waals surface area (Å²) < 4.78 is 0. The SMILES string of the molecule is N=C(N)NCCC[C@H](N)C(=O)O.NCCN. The second kappa shape index (κ2) is 11.7. The molecule has 0 heterocycles. The van der Waals surface area contributed by atoms with Crippen LogP contribution in [0.2, 0.25) is 0 Å². The molecule has 0 saturated heterocycles. The molecule has 0 spiro atoms. The topological polar surface area (TPSA) is 177 Å². The minimum atomic E-state index is -1.00. The monoisotopic (exact) mass is 234 g/mol. The number of rotatable bonds is 6. The van der Waals surface area contributed by atoms with Crippen molar-refractivity contribution in [2.24, 2.45) is 22.9 Å². The van der Waals surface area contributed by atoms with Gasteiger partial charge in [-0.2, -0.15) is 0 Å². The van der Waals surface area contributed by atoms with E-state index in [4.69, 9.17) is 33.5 Å². The van der Waals surface area contributed by atoms with E-state index in [0.29, 0.717) is 32.5 Å². The van der Waals surface area contributed by atoms with Crippen molar-refractivity contribution in [2.75, 3.05) is 19.6 Å². The Hall–Kier alpha value is -1.38. The van der Waals surface area contributed by atoms with Gasteiger partial charge in [-0.05, 0) is 12.8 Å². The molecule has 0 fully saturated rings. The Morgan fingerprint density at radius 2 is 1.88 bits per heavy atom. The molecule has 0 aliphatic rings. The highest BCUT2D eigenvalue weighted by Gasteiger charge is 2.09. The van der Waals surface area contributed by atoms with Crippen molar-refractivity contribution in [1.82, 2.24) is 5.32 Å². The van der Waals surface area contributed by atoms with Crippen LogP contribution < -0.4 is 28.3 Å². The Labute approximate surface area is 94.9 Å². The molecule has 8 heteroatoms. The second-order valence-corrected chi connectivity index (χ2v) is 3.00. The first-order valence-corrected chi connectivity index (χ1v) is 4.92. The van der Waals surface area contributed by atoms with Crippen molar-refractivity contribution in [3.05, 3.63) is 0 Å². The van der Waals surface area contributed by atoms with Crippen molar-refractivity contribution in [3.8, 4) is 0 Å². The maximum Gasteiger partial charge on any atom is 0.320 e. The molecule has 0 saturated carbocycles. The van der Waals surface area contributed by atoms with Gasteiger partial charge >= 0.3 is 5.97 Å². The van der Waals surface area contributed by atoms with Crippen LogP contribution in [0.5, 0.6) is 0 Å². The van der Waals surface area contributed by atoms with E-state index in [9.17, 15) is 4.79 Å². The Balaban J connectivity index is 0. The van der Waals surface area contributed by atoms with Crippen LogP contribution in [-0.4, -0.2) is 42.7 Å². The molecule has 0 amide bonds. The summed E-state index contributed by atoms with van der Waals surface area (Å²) in [5.74, 6) is -1.11. The summed E-state index contributed by atoms with van der Waals surface area (Å²) >= 11 is 0. The third-order valence-corrected chi connectivity index (χ3v) is 1.49. The predicted molar refractivity (Wildman–Crippen MR) is 62.9 cm³/mol. The van der Waals surface area contributed by atoms with E-state index in [2.05, 4.69) is 5.32 Å². The molecule has 1 atom stereocenters. The number of guanidine groups is 1. The lowest BCUT2D eigenvalue weighted by Crippen LogP contribution is -2.34. The first-order chi connectivity index (χ1) is 7.45. The molecule has 11 N–H and O–H groups in total. The van der Waals surface area contributed by atoms with Crippen LogP contribution in [0.3, 0.4) is 0 Å². The molecule has 8 nitrogen and oxygen atoms in total. The quantitative estimate of drug-likeness (QED) is 0.152. The Morgan fingerprint density at radius 1 is 1.38 bits per heavy atom. The molecule has 0 unspecified atom stereocenters. The molecule has 0 aliphatic carbocycles. The van der Waals surface area contributed by atoms with Gasteiger partial charge in [0.1, 0.15) is 6.04 Å². The van der Waals surface area contributed by atoms with Crippen molar-refractivity contribution >= 4 is 11.9 Å². The largest absolute Gasteiger partial charge is 0.480 e. The summed E-state index contributed by atoms with van der Waals surface area (Å²) in [6.45, 7) is 1.68. The van der Waals surface area contributed by atoms with E-state index in [1.165, 1.54) is 0 Å². The van der Waals surface area contributed by atoms with Crippen molar-refractivity contribution in [2.45, 2.75) is 18.9 Å². The van der Waals surface area contributed by atoms with E-state index in [1.807, 2.05) is 0 Å². The fraction of sp³-hybridized carbons (Fsp3) is 0.750. The zero-order valence-corrected chi connectivity index (χ0v) is 9.28. The predicted octanol–water partition coefficient (Wildman–Crippen LogP) is -2.43. The van der Waals surface area contributed by atoms with Crippen LogP contribution in [0.1, 0.15) is 12.8 Å². The first-order valence-electron chi connectivity index (χ1n) is 4.92. The van der Waals surface area contributed by atoms with Crippen molar-refractivity contribution in [3.63, 3.8) is 0 Å². The second-order valence-electron chi connectivity index (χ2n) is 3.00. The summed E-state index contributed by atoms with van der Waals surface area (Å²) in [6.07, 6.45) is 0.975. The molecular formula is C8H22N6O2. The zero-order chi connectivity index (χ0) is 13.0. The van der Waals surface area contributed by atoms with Gasteiger partial charge in [-0.25, -0.2) is 0 Å². The number of hydrogen-bond acceptors (Lipinski definition) is 5. The van der Waals surface area contributed by atoms with Crippen LogP contribution in [0.25, 0.3) is 0 Å². The molecule has 0 aromatic heterocycles. The fourth-order valence-electron chi connectivity index (χ4n) is 0.669. The van der Waals surface area contributed by atoms with E-state index >= 15 is 0 Å². The minimum Gasteiger partial charge on any atom is -0.480 e. The fourth-order valence-corrected chi connectivity index (χ4v) is 0.669. The van der Waals surface area contributed by atoms with Gasteiger partial charge in [-0.1, -0.05) is 0 Å². The third-order valence-electron chi connectivity index (χ3n) is 1.49. The number of aliphatic carboxylic acids is 1. The highest BCUT2D eigenvalue weighted by molar-refractivity contribution is 5.74. The Kier molecular flexibility index (Phi) is 12.4. The lowest BCUT2D eigenvalue weighted by molar-refractivity contribution is -0.138. The van der Waals surface area contributed by atoms with Crippen LogP contribution in [0.4, 0.5) is 0 Å². The van der Waals surface area contributed by atoms with Crippen LogP contribution in [0.15, 0.2) is 0 Å². The summed E-state index contributed by atoms with van der Waals surface area (Å²) in [5, 5.41) is 17.7. The summed E-state index contributed by atoms with van der Waals surface area (Å²) in [5.41, 5.74) is 20.0. The average Bonchev–Trinajstić information content (AvgIpc) is 2.24. The molecule has 16 heavy (non-hydrogen) atoms. The minimum absolute atomic E-state index is 0.112. The summed E-state index contributed by atoms with van der Waals surface area (Å²) in [7, 11) is 0. The highest BCUT2D eigenvalue weighted by Crippen LogP contribution is 1.92. The van der Waals surface area contributed by atoms with Gasteiger partial charge in [-0.15, -0.1) is 0 Å². The van der Waals surface area contributed by atoms with Gasteiger partial charge in [0.05, 0.1) is 0 Å². The summed E-state index contributed by atoms with van der Waals surface area (Å²) in [4.78, 5) is 10.2. The number of carboxylic acids is 1. The van der Waals surface area contributed by atoms with Gasteiger partial charge in [0.25, 0.3) is 0 Å². The van der Waals surface area contributed by atoms with Gasteiger partial charge < -0.3 is 33.4 Å². The molecule has 0 aromatic carbocycles. The lowest BCUT2D eigenvalue weighted by atomic mass is 10.2. The van der Waals surface area contributed by atoms with Crippen LogP contribution in [-0.2, 0) is 4.79 Å². The Morgan fingerprint density at radius 3 is 2.19 bits per heavy atom. The molecule has 0 aromatic rings. The number of carboxylic acid groups (broad SMARTS) is 1. The van der Waals surface area contributed by atoms with Crippen molar-refractivity contribution in [1.29, 1.82) is 5.41 Å². The van der Waals surface area contributed by atoms with E-state index < -0.39 is 12.0 Å². The zero-order valence-electron chi connectivity index (χ0n) is 9.28. The molecule has 96 valence electrons. The Bertz CT molecular complexity index is 197. The van der Waals surface area contributed by atoms with Crippen LogP contribution >= 0.6 is 0 Å². The number of carbonyl (C=O) groups is 1. The third kappa shape index (κ3) is 15.1. The maximum atomic E-state index is 10.2. The molecule has 0 bridgehead atoms. The van der Waals surface area contributed by atoms with Gasteiger partial charge in [0.2, 0.25) is 0 Å². The van der Waals surface area contributed by atoms with Crippen LogP contribution in [0, 0.1) is 5.41 Å². The highest BCUT2D eigenvalue weighted by atomic mass is 16.4. The number of nitrogens with one attached hydrogen (secondary N) is 2. The average molecular weight is 234 g/mol. The molecule has 0 radical (unpaired) electrons. The molecular weight excluding hydrogens is 212 g/mol. The molecule has 0 aliphatic heterocycles. The number of hydrogen-bond donors (Lipinski definition) is 7. The number of nitrogens with two attached hydrogens (primary N) is 4. The van der Waals surface area contributed by atoms with Gasteiger partial charge in [0, 0.05) is 19.6 Å². The van der Waals surface area contributed by atoms with E-state index in [-0.39, 0.29) is 5.96 Å². The lowest BCUT2D eigenvalue weighted by Gasteiger charge is -2.06. The van der Waals surface area contributed by atoms with Gasteiger partial charge in [-0.3, -0.25) is 10.2 Å². The summed E-state index contributed by atoms with van der Waals surface area (Å²) in [6, 6.07) is -0.821. The maximum absolute atomic E-state index is 10.2. The van der Waals surface area contributed by atoms with E-state index in [0.717, 1.165) is 0 Å². The normalized spacial score (nSPS) is 10.9. The smallest absolute Gasteiger partial charge is 0.320 e.